The number of benzene rings is 1. The first-order valence-corrected chi connectivity index (χ1v) is 9.52. The van der Waals surface area contributed by atoms with E-state index in [1.807, 2.05) is 27.7 Å². The molecule has 1 aromatic carbocycles. The van der Waals surface area contributed by atoms with E-state index in [9.17, 15) is 14.9 Å². The van der Waals surface area contributed by atoms with Crippen LogP contribution in [0.5, 0.6) is 11.5 Å². The van der Waals surface area contributed by atoms with Gasteiger partial charge < -0.3 is 9.47 Å². The number of aromatic amines is 1. The first kappa shape index (κ1) is 22.8. The van der Waals surface area contributed by atoms with E-state index in [4.69, 9.17) is 9.47 Å². The van der Waals surface area contributed by atoms with Crippen LogP contribution in [0, 0.1) is 10.1 Å². The van der Waals surface area contributed by atoms with Gasteiger partial charge in [0.15, 0.2) is 5.75 Å². The van der Waals surface area contributed by atoms with Gasteiger partial charge in [-0.2, -0.15) is 5.10 Å². The summed E-state index contributed by atoms with van der Waals surface area (Å²) in [5, 5.41) is 23.3. The summed E-state index contributed by atoms with van der Waals surface area (Å²) >= 11 is 0. The first-order chi connectivity index (χ1) is 14.2. The summed E-state index contributed by atoms with van der Waals surface area (Å²) in [5.41, 5.74) is 2.23. The lowest BCUT2D eigenvalue weighted by Crippen LogP contribution is -2.28. The highest BCUT2D eigenvalue weighted by Crippen LogP contribution is 2.38. The molecule has 0 saturated heterocycles. The molecule has 0 aliphatic carbocycles. The molecule has 0 unspecified atom stereocenters. The van der Waals surface area contributed by atoms with Gasteiger partial charge in [0.05, 0.1) is 24.4 Å². The molecule has 0 bridgehead atoms. The fourth-order valence-corrected chi connectivity index (χ4v) is 2.48. The van der Waals surface area contributed by atoms with Crippen molar-refractivity contribution in [3.05, 3.63) is 43.9 Å². The van der Waals surface area contributed by atoms with Crippen LogP contribution in [0.25, 0.3) is 0 Å². The van der Waals surface area contributed by atoms with Crippen molar-refractivity contribution in [1.82, 2.24) is 15.2 Å². The molecular weight excluding hydrogens is 392 g/mol. The molecule has 1 aromatic heterocycles. The molecule has 11 nitrogen and oxygen atoms in total. The molecule has 162 valence electrons. The highest BCUT2D eigenvalue weighted by Gasteiger charge is 2.22. The summed E-state index contributed by atoms with van der Waals surface area (Å²) in [6.45, 7) is 9.88. The van der Waals surface area contributed by atoms with Crippen LogP contribution in [0.4, 0.5) is 11.6 Å². The number of rotatable bonds is 9. The van der Waals surface area contributed by atoms with Gasteiger partial charge in [-0.25, -0.2) is 5.43 Å². The highest BCUT2D eigenvalue weighted by atomic mass is 16.6. The number of ether oxygens (including phenoxy) is 2. The Bertz CT molecular complexity index is 980. The van der Waals surface area contributed by atoms with E-state index in [1.54, 1.807) is 13.0 Å². The molecule has 0 amide bonds. The number of nitro benzene ring substituents is 1. The van der Waals surface area contributed by atoms with Gasteiger partial charge in [0.1, 0.15) is 5.69 Å². The van der Waals surface area contributed by atoms with Crippen molar-refractivity contribution in [3.63, 3.8) is 0 Å². The molecule has 0 aliphatic rings. The molecule has 2 N–H and O–H groups in total. The van der Waals surface area contributed by atoms with Crippen molar-refractivity contribution < 1.29 is 14.4 Å². The highest BCUT2D eigenvalue weighted by molar-refractivity contribution is 5.83. The van der Waals surface area contributed by atoms with Crippen LogP contribution < -0.4 is 20.5 Å². The second-order valence-corrected chi connectivity index (χ2v) is 7.38. The van der Waals surface area contributed by atoms with Crippen LogP contribution in [-0.2, 0) is 5.41 Å². The molecule has 0 saturated carbocycles. The standard InChI is InChI=1S/C19H26N6O5/c1-6-8-30-15-13(25(27)28)9-12(10-14(15)29-7-2)11-20-23-18-21-17(26)16(22-24-18)19(3,4)5/h9-11H,6-8H2,1-5H3,(H2,21,23,24,26)/b20-11+. The predicted molar refractivity (Wildman–Crippen MR) is 113 cm³/mol. The number of hydrogen-bond donors (Lipinski definition) is 2. The Morgan fingerprint density at radius 1 is 1.27 bits per heavy atom. The van der Waals surface area contributed by atoms with Gasteiger partial charge in [0.25, 0.3) is 5.56 Å². The molecule has 0 aliphatic heterocycles. The Hall–Kier alpha value is -3.50. The third-order valence-electron chi connectivity index (χ3n) is 3.80. The molecule has 0 radical (unpaired) electrons. The van der Waals surface area contributed by atoms with Gasteiger partial charge in [-0.1, -0.05) is 27.7 Å². The molecular formula is C19H26N6O5. The normalized spacial score (nSPS) is 11.5. The van der Waals surface area contributed by atoms with Crippen LogP contribution in [0.3, 0.4) is 0 Å². The third kappa shape index (κ3) is 5.75. The minimum atomic E-state index is -0.535. The number of nitrogens with zero attached hydrogens (tertiary/aromatic N) is 4. The van der Waals surface area contributed by atoms with Gasteiger partial charge in [-0.15, -0.1) is 10.2 Å². The average molecular weight is 418 g/mol. The molecule has 2 rings (SSSR count). The molecule has 2 aromatic rings. The number of anilines is 1. The smallest absolute Gasteiger partial charge is 0.315 e. The number of nitro groups is 1. The number of aromatic nitrogens is 3. The van der Waals surface area contributed by atoms with E-state index in [2.05, 4.69) is 25.7 Å². The minimum absolute atomic E-state index is 0.0479. The van der Waals surface area contributed by atoms with Crippen molar-refractivity contribution in [2.75, 3.05) is 18.6 Å². The van der Waals surface area contributed by atoms with Crippen molar-refractivity contribution in [1.29, 1.82) is 0 Å². The van der Waals surface area contributed by atoms with Crippen LogP contribution in [-0.4, -0.2) is 39.5 Å². The fourth-order valence-electron chi connectivity index (χ4n) is 2.48. The predicted octanol–water partition coefficient (Wildman–Crippen LogP) is 3.00. The maximum Gasteiger partial charge on any atom is 0.315 e. The monoisotopic (exact) mass is 418 g/mol. The largest absolute Gasteiger partial charge is 0.490 e. The van der Waals surface area contributed by atoms with Gasteiger partial charge in [-0.3, -0.25) is 19.9 Å². The molecule has 0 fully saturated rings. The van der Waals surface area contributed by atoms with Crippen LogP contribution in [0.15, 0.2) is 22.0 Å². The Morgan fingerprint density at radius 3 is 2.57 bits per heavy atom. The van der Waals surface area contributed by atoms with Crippen molar-refractivity contribution in [2.45, 2.75) is 46.5 Å². The number of hydrazone groups is 1. The third-order valence-corrected chi connectivity index (χ3v) is 3.80. The van der Waals surface area contributed by atoms with Crippen molar-refractivity contribution in [3.8, 4) is 11.5 Å². The second-order valence-electron chi connectivity index (χ2n) is 7.38. The summed E-state index contributed by atoms with van der Waals surface area (Å²) in [6.07, 6.45) is 2.04. The molecule has 0 atom stereocenters. The minimum Gasteiger partial charge on any atom is -0.490 e. The maximum atomic E-state index is 12.1. The summed E-state index contributed by atoms with van der Waals surface area (Å²) in [5.74, 6) is 0.387. The first-order valence-electron chi connectivity index (χ1n) is 9.52. The lowest BCUT2D eigenvalue weighted by molar-refractivity contribution is -0.386. The number of nitrogens with one attached hydrogen (secondary N) is 2. The van der Waals surface area contributed by atoms with Gasteiger partial charge in [-0.05, 0) is 19.4 Å². The van der Waals surface area contributed by atoms with Crippen LogP contribution in [0.2, 0.25) is 0 Å². The SMILES string of the molecule is CCCOc1c(OCC)cc(/C=N/Nc2nnc(C(C)(C)C)c(=O)[nH]2)cc1[N+](=O)[O-]. The molecule has 0 spiro atoms. The Labute approximate surface area is 173 Å². The zero-order valence-electron chi connectivity index (χ0n) is 17.7. The van der Waals surface area contributed by atoms with E-state index < -0.39 is 10.3 Å². The summed E-state index contributed by atoms with van der Waals surface area (Å²) < 4.78 is 11.0. The Kier molecular flexibility index (Phi) is 7.45. The van der Waals surface area contributed by atoms with E-state index in [1.165, 1.54) is 12.3 Å². The van der Waals surface area contributed by atoms with Gasteiger partial charge >= 0.3 is 5.69 Å². The van der Waals surface area contributed by atoms with Crippen LogP contribution in [0.1, 0.15) is 52.3 Å². The zero-order valence-corrected chi connectivity index (χ0v) is 17.7. The zero-order chi connectivity index (χ0) is 22.3. The van der Waals surface area contributed by atoms with Crippen LogP contribution >= 0.6 is 0 Å². The quantitative estimate of drug-likeness (QED) is 0.359. The second kappa shape index (κ2) is 9.81. The topological polar surface area (TPSA) is 145 Å². The summed E-state index contributed by atoms with van der Waals surface area (Å²) in [7, 11) is 0. The summed E-state index contributed by atoms with van der Waals surface area (Å²) in [6, 6.07) is 2.92. The van der Waals surface area contributed by atoms with Crippen molar-refractivity contribution in [2.24, 2.45) is 5.10 Å². The lowest BCUT2D eigenvalue weighted by Gasteiger charge is -2.15. The summed E-state index contributed by atoms with van der Waals surface area (Å²) in [4.78, 5) is 25.6. The van der Waals surface area contributed by atoms with E-state index in [0.29, 0.717) is 30.9 Å². The lowest BCUT2D eigenvalue weighted by atomic mass is 9.93. The number of H-pyrrole nitrogens is 1. The molecule has 30 heavy (non-hydrogen) atoms. The Balaban J connectivity index is 2.29. The van der Waals surface area contributed by atoms with E-state index in [-0.39, 0.29) is 28.7 Å². The van der Waals surface area contributed by atoms with Crippen molar-refractivity contribution >= 4 is 17.9 Å². The number of hydrogen-bond acceptors (Lipinski definition) is 9. The maximum absolute atomic E-state index is 12.1. The fraction of sp³-hybridized carbons (Fsp3) is 0.474. The van der Waals surface area contributed by atoms with Gasteiger partial charge in [0, 0.05) is 17.0 Å². The van der Waals surface area contributed by atoms with Gasteiger partial charge in [0.2, 0.25) is 11.7 Å². The molecule has 11 heteroatoms. The van der Waals surface area contributed by atoms with E-state index >= 15 is 0 Å². The average Bonchev–Trinajstić information content (AvgIpc) is 2.66. The Morgan fingerprint density at radius 2 is 2.00 bits per heavy atom. The molecule has 1 heterocycles. The van der Waals surface area contributed by atoms with E-state index in [0.717, 1.165) is 0 Å².